The molecular formula is C25H30Br2N2O3. The number of rotatable bonds is 9. The standard InChI is InChI=1S/C25H30Br2N2O3/c1-3-18-11-12-23(22(27)14-18)32-16-24(30)29(15-19-7-6-8-20(26)13-19)17(2)25(31)28-21-9-4-5-10-21/h6-8,11-14,17,21H,3-5,9-10,15-16H2,1-2H3,(H,28,31)/t17-/m0/s1. The van der Waals surface area contributed by atoms with Crippen LogP contribution < -0.4 is 10.1 Å². The minimum absolute atomic E-state index is 0.117. The molecule has 7 heteroatoms. The molecule has 0 radical (unpaired) electrons. The summed E-state index contributed by atoms with van der Waals surface area (Å²) >= 11 is 7.00. The second kappa shape index (κ2) is 11.8. The summed E-state index contributed by atoms with van der Waals surface area (Å²) < 4.78 is 7.57. The third-order valence-electron chi connectivity index (χ3n) is 5.87. The van der Waals surface area contributed by atoms with Gasteiger partial charge in [-0.05, 0) is 77.5 Å². The molecule has 0 unspecified atom stereocenters. The third kappa shape index (κ3) is 6.82. The van der Waals surface area contributed by atoms with Crippen molar-refractivity contribution in [2.45, 2.75) is 64.6 Å². The lowest BCUT2D eigenvalue weighted by Gasteiger charge is -2.29. The Labute approximate surface area is 207 Å². The highest BCUT2D eigenvalue weighted by molar-refractivity contribution is 9.10. The van der Waals surface area contributed by atoms with Crippen molar-refractivity contribution in [3.05, 3.63) is 62.5 Å². The molecule has 3 rings (SSSR count). The molecule has 1 saturated carbocycles. The number of carbonyl (C=O) groups excluding carboxylic acids is 2. The maximum absolute atomic E-state index is 13.2. The molecule has 2 aromatic carbocycles. The molecule has 2 aromatic rings. The highest BCUT2D eigenvalue weighted by Gasteiger charge is 2.29. The van der Waals surface area contributed by atoms with Crippen molar-refractivity contribution in [2.75, 3.05) is 6.61 Å². The van der Waals surface area contributed by atoms with Crippen LogP contribution >= 0.6 is 31.9 Å². The van der Waals surface area contributed by atoms with E-state index in [0.29, 0.717) is 12.3 Å². The van der Waals surface area contributed by atoms with Gasteiger partial charge in [0.15, 0.2) is 6.61 Å². The molecule has 1 fully saturated rings. The van der Waals surface area contributed by atoms with Crippen LogP contribution in [0.4, 0.5) is 0 Å². The first-order valence-electron chi connectivity index (χ1n) is 11.1. The lowest BCUT2D eigenvalue weighted by atomic mass is 10.1. The number of hydrogen-bond acceptors (Lipinski definition) is 3. The molecule has 32 heavy (non-hydrogen) atoms. The second-order valence-corrected chi connectivity index (χ2v) is 9.99. The maximum Gasteiger partial charge on any atom is 0.261 e. The average molecular weight is 566 g/mol. The molecule has 5 nitrogen and oxygen atoms in total. The van der Waals surface area contributed by atoms with Gasteiger partial charge in [-0.3, -0.25) is 9.59 Å². The fourth-order valence-electron chi connectivity index (χ4n) is 3.91. The van der Waals surface area contributed by atoms with Crippen molar-refractivity contribution in [3.8, 4) is 5.75 Å². The number of nitrogens with zero attached hydrogens (tertiary/aromatic N) is 1. The highest BCUT2D eigenvalue weighted by Crippen LogP contribution is 2.26. The number of aryl methyl sites for hydroxylation is 1. The van der Waals surface area contributed by atoms with Crippen LogP contribution in [-0.2, 0) is 22.6 Å². The highest BCUT2D eigenvalue weighted by atomic mass is 79.9. The van der Waals surface area contributed by atoms with Crippen LogP contribution in [-0.4, -0.2) is 35.4 Å². The van der Waals surface area contributed by atoms with Crippen molar-refractivity contribution >= 4 is 43.7 Å². The van der Waals surface area contributed by atoms with Crippen LogP contribution in [0.15, 0.2) is 51.4 Å². The summed E-state index contributed by atoms with van der Waals surface area (Å²) in [6.45, 7) is 4.06. The van der Waals surface area contributed by atoms with Gasteiger partial charge in [0.2, 0.25) is 5.91 Å². The van der Waals surface area contributed by atoms with Crippen LogP contribution in [0.1, 0.15) is 50.7 Å². The van der Waals surface area contributed by atoms with Crippen molar-refractivity contribution in [1.82, 2.24) is 10.2 Å². The number of amides is 2. The molecule has 1 aliphatic carbocycles. The number of carbonyl (C=O) groups is 2. The van der Waals surface area contributed by atoms with Crippen LogP contribution in [0.5, 0.6) is 5.75 Å². The van der Waals surface area contributed by atoms with Gasteiger partial charge in [-0.1, -0.05) is 53.9 Å². The van der Waals surface area contributed by atoms with Gasteiger partial charge in [-0.15, -0.1) is 0 Å². The molecule has 2 amide bonds. The number of nitrogens with one attached hydrogen (secondary N) is 1. The number of ether oxygens (including phenoxy) is 1. The normalized spacial score (nSPS) is 14.8. The largest absolute Gasteiger partial charge is 0.483 e. The molecular weight excluding hydrogens is 536 g/mol. The summed E-state index contributed by atoms with van der Waals surface area (Å²) in [5, 5.41) is 3.12. The zero-order chi connectivity index (χ0) is 23.1. The van der Waals surface area contributed by atoms with Crippen LogP contribution in [0, 0.1) is 0 Å². The summed E-state index contributed by atoms with van der Waals surface area (Å²) in [6, 6.07) is 13.2. The summed E-state index contributed by atoms with van der Waals surface area (Å²) in [6.07, 6.45) is 5.21. The van der Waals surface area contributed by atoms with Gasteiger partial charge in [0.1, 0.15) is 11.8 Å². The van der Waals surface area contributed by atoms with E-state index in [0.717, 1.165) is 46.6 Å². The van der Waals surface area contributed by atoms with Crippen molar-refractivity contribution in [1.29, 1.82) is 0 Å². The molecule has 0 aromatic heterocycles. The van der Waals surface area contributed by atoms with Crippen molar-refractivity contribution in [2.24, 2.45) is 0 Å². The SMILES string of the molecule is CCc1ccc(OCC(=O)N(Cc2cccc(Br)c2)[C@@H](C)C(=O)NC2CCCC2)c(Br)c1. The van der Waals surface area contributed by atoms with E-state index in [2.05, 4.69) is 44.1 Å². The fourth-order valence-corrected chi connectivity index (χ4v) is 4.90. The predicted octanol–water partition coefficient (Wildman–Crippen LogP) is 5.63. The van der Waals surface area contributed by atoms with Crippen molar-refractivity contribution in [3.63, 3.8) is 0 Å². The molecule has 0 saturated heterocycles. The number of hydrogen-bond donors (Lipinski definition) is 1. The van der Waals surface area contributed by atoms with Gasteiger partial charge in [-0.25, -0.2) is 0 Å². The van der Waals surface area contributed by atoms with E-state index in [1.54, 1.807) is 11.8 Å². The minimum atomic E-state index is -0.600. The van der Waals surface area contributed by atoms with E-state index < -0.39 is 6.04 Å². The summed E-state index contributed by atoms with van der Waals surface area (Å²) in [5.74, 6) is 0.264. The molecule has 1 aliphatic rings. The smallest absolute Gasteiger partial charge is 0.261 e. The lowest BCUT2D eigenvalue weighted by Crippen LogP contribution is -2.50. The third-order valence-corrected chi connectivity index (χ3v) is 6.98. The first-order valence-corrected chi connectivity index (χ1v) is 12.7. The predicted molar refractivity (Wildman–Crippen MR) is 134 cm³/mol. The van der Waals surface area contributed by atoms with Gasteiger partial charge in [-0.2, -0.15) is 0 Å². The van der Waals surface area contributed by atoms with E-state index in [4.69, 9.17) is 4.74 Å². The Morgan fingerprint density at radius 2 is 1.88 bits per heavy atom. The number of halogens is 2. The maximum atomic E-state index is 13.2. The summed E-state index contributed by atoms with van der Waals surface area (Å²) in [7, 11) is 0. The molecule has 0 spiro atoms. The molecule has 0 heterocycles. The van der Waals surface area contributed by atoms with Crippen LogP contribution in [0.2, 0.25) is 0 Å². The van der Waals surface area contributed by atoms with Crippen LogP contribution in [0.3, 0.4) is 0 Å². The molecule has 0 aliphatic heterocycles. The molecule has 172 valence electrons. The first-order chi connectivity index (χ1) is 15.4. The first kappa shape index (κ1) is 24.8. The van der Waals surface area contributed by atoms with Gasteiger partial charge < -0.3 is 15.0 Å². The molecule has 0 bridgehead atoms. The second-order valence-electron chi connectivity index (χ2n) is 8.22. The van der Waals surface area contributed by atoms with Gasteiger partial charge in [0.05, 0.1) is 4.47 Å². The van der Waals surface area contributed by atoms with E-state index in [1.807, 2.05) is 42.5 Å². The van der Waals surface area contributed by atoms with E-state index >= 15 is 0 Å². The Balaban J connectivity index is 1.72. The minimum Gasteiger partial charge on any atom is -0.483 e. The number of benzene rings is 2. The Morgan fingerprint density at radius 3 is 2.53 bits per heavy atom. The fraction of sp³-hybridized carbons (Fsp3) is 0.440. The Morgan fingerprint density at radius 1 is 1.12 bits per heavy atom. The summed E-state index contributed by atoms with van der Waals surface area (Å²) in [4.78, 5) is 27.8. The molecule has 1 atom stereocenters. The molecule has 1 N–H and O–H groups in total. The van der Waals surface area contributed by atoms with Gasteiger partial charge in [0.25, 0.3) is 5.91 Å². The monoisotopic (exact) mass is 564 g/mol. The summed E-state index contributed by atoms with van der Waals surface area (Å²) in [5.41, 5.74) is 2.13. The van der Waals surface area contributed by atoms with E-state index in [1.165, 1.54) is 5.56 Å². The van der Waals surface area contributed by atoms with E-state index in [9.17, 15) is 9.59 Å². The van der Waals surface area contributed by atoms with Gasteiger partial charge in [0, 0.05) is 17.1 Å². The zero-order valence-corrected chi connectivity index (χ0v) is 21.7. The van der Waals surface area contributed by atoms with Crippen LogP contribution in [0.25, 0.3) is 0 Å². The quantitative estimate of drug-likeness (QED) is 0.429. The topological polar surface area (TPSA) is 58.6 Å². The Bertz CT molecular complexity index is 945. The van der Waals surface area contributed by atoms with Gasteiger partial charge >= 0.3 is 0 Å². The lowest BCUT2D eigenvalue weighted by molar-refractivity contribution is -0.142. The average Bonchev–Trinajstić information content (AvgIpc) is 3.29. The Hall–Kier alpha value is -1.86. The Kier molecular flexibility index (Phi) is 9.17. The zero-order valence-electron chi connectivity index (χ0n) is 18.6. The van der Waals surface area contributed by atoms with Crippen molar-refractivity contribution < 1.29 is 14.3 Å². The van der Waals surface area contributed by atoms with E-state index in [-0.39, 0.29) is 24.5 Å².